The zero-order chi connectivity index (χ0) is 27.9. The lowest BCUT2D eigenvalue weighted by molar-refractivity contribution is -0.172. The third-order valence-electron chi connectivity index (χ3n) is 7.50. The number of hydrogen-bond donors (Lipinski definition) is 3. The molecule has 0 saturated carbocycles. The molecule has 2 aromatic heterocycles. The normalized spacial score (nSPS) is 21.3. The van der Waals surface area contributed by atoms with Crippen LogP contribution in [0.4, 0.5) is 4.39 Å². The van der Waals surface area contributed by atoms with Crippen LogP contribution in [0, 0.1) is 12.7 Å². The lowest BCUT2D eigenvalue weighted by atomic mass is 9.82. The highest BCUT2D eigenvalue weighted by atomic mass is 79.9. The minimum Gasteiger partial charge on any atom is -0.458 e. The van der Waals surface area contributed by atoms with E-state index in [-0.39, 0.29) is 52.6 Å². The fourth-order valence-electron chi connectivity index (χ4n) is 5.64. The molecule has 0 amide bonds. The van der Waals surface area contributed by atoms with Crippen molar-refractivity contribution in [3.63, 3.8) is 0 Å². The third kappa shape index (κ3) is 3.90. The summed E-state index contributed by atoms with van der Waals surface area (Å²) < 4.78 is 47.9. The standard InChI is InChI=1S/C24H21BrFN3O4.CH4O3S/c1-3-24(32)13-6-15-20-11(7-29(15)22(30)12(13)8-33-23(24)31)16-14(27)5-4-10-9(2)19(26)18(25)21(28-20)17(10)16;1-5(2,3)4/h6,14,32H,3-5,7-8,27H2,1-2H3;1H3,(H,2,3,4)/t14-,24-;/m0./s1. The molecule has 3 aliphatic rings. The number of cyclic esters (lactones) is 1. The van der Waals surface area contributed by atoms with Gasteiger partial charge in [0, 0.05) is 22.6 Å². The van der Waals surface area contributed by atoms with Gasteiger partial charge in [-0.15, -0.1) is 0 Å². The number of aliphatic hydroxyl groups is 1. The summed E-state index contributed by atoms with van der Waals surface area (Å²) in [6.07, 6.45) is 2.10. The van der Waals surface area contributed by atoms with Crippen LogP contribution in [-0.4, -0.2) is 39.9 Å². The fourth-order valence-corrected chi connectivity index (χ4v) is 6.23. The summed E-state index contributed by atoms with van der Waals surface area (Å²) in [6.45, 7) is 3.51. The summed E-state index contributed by atoms with van der Waals surface area (Å²) in [5.74, 6) is -1.12. The molecule has 2 atom stereocenters. The number of carbonyl (C=O) groups excluding carboxylic acids is 1. The Morgan fingerprint density at radius 2 is 1.97 bits per heavy atom. The van der Waals surface area contributed by atoms with Gasteiger partial charge in [0.05, 0.1) is 39.7 Å². The Balaban J connectivity index is 0.000000540. The molecule has 10 nitrogen and oxygen atoms in total. The Morgan fingerprint density at radius 3 is 2.61 bits per heavy atom. The van der Waals surface area contributed by atoms with Crippen molar-refractivity contribution in [2.75, 3.05) is 6.26 Å². The van der Waals surface area contributed by atoms with Crippen LogP contribution in [-0.2, 0) is 44.8 Å². The molecule has 202 valence electrons. The van der Waals surface area contributed by atoms with E-state index in [2.05, 4.69) is 15.9 Å². The number of carbonyl (C=O) groups is 1. The summed E-state index contributed by atoms with van der Waals surface area (Å²) in [4.78, 5) is 30.6. The number of aromatic nitrogens is 2. The van der Waals surface area contributed by atoms with E-state index >= 15 is 4.39 Å². The Bertz CT molecular complexity index is 1730. The molecule has 1 aliphatic carbocycles. The second-order valence-corrected chi connectivity index (χ2v) is 12.0. The monoisotopic (exact) mass is 609 g/mol. The van der Waals surface area contributed by atoms with Gasteiger partial charge in [0.25, 0.3) is 15.7 Å². The number of benzene rings is 1. The molecule has 13 heteroatoms. The Kier molecular flexibility index (Phi) is 6.31. The first-order chi connectivity index (χ1) is 17.7. The second-order valence-electron chi connectivity index (χ2n) is 9.79. The fraction of sp³-hybridized carbons (Fsp3) is 0.400. The summed E-state index contributed by atoms with van der Waals surface area (Å²) >= 11 is 3.39. The Morgan fingerprint density at radius 1 is 1.32 bits per heavy atom. The van der Waals surface area contributed by atoms with Crippen molar-refractivity contribution in [2.24, 2.45) is 5.73 Å². The van der Waals surface area contributed by atoms with Crippen molar-refractivity contribution in [2.45, 2.75) is 57.9 Å². The van der Waals surface area contributed by atoms with Crippen LogP contribution in [0.25, 0.3) is 22.3 Å². The maximum Gasteiger partial charge on any atom is 0.343 e. The first-order valence-electron chi connectivity index (χ1n) is 11.9. The first-order valence-corrected chi connectivity index (χ1v) is 14.5. The summed E-state index contributed by atoms with van der Waals surface area (Å²) in [7, 11) is -3.67. The van der Waals surface area contributed by atoms with Crippen molar-refractivity contribution in [1.82, 2.24) is 9.55 Å². The molecule has 4 N–H and O–H groups in total. The van der Waals surface area contributed by atoms with Crippen LogP contribution in [0.5, 0.6) is 0 Å². The summed E-state index contributed by atoms with van der Waals surface area (Å²) in [6, 6.07) is 1.39. The van der Waals surface area contributed by atoms with Crippen molar-refractivity contribution in [1.29, 1.82) is 0 Å². The quantitative estimate of drug-likeness (QED) is 0.217. The van der Waals surface area contributed by atoms with E-state index < -0.39 is 21.7 Å². The molecule has 4 heterocycles. The van der Waals surface area contributed by atoms with E-state index in [1.807, 2.05) is 0 Å². The molecule has 0 unspecified atom stereocenters. The molecule has 38 heavy (non-hydrogen) atoms. The van der Waals surface area contributed by atoms with E-state index in [1.54, 1.807) is 24.5 Å². The van der Waals surface area contributed by atoms with E-state index in [4.69, 9.17) is 20.0 Å². The minimum atomic E-state index is -3.67. The van der Waals surface area contributed by atoms with Gasteiger partial charge in [0.1, 0.15) is 12.4 Å². The van der Waals surface area contributed by atoms with Gasteiger partial charge < -0.3 is 20.1 Å². The van der Waals surface area contributed by atoms with Gasteiger partial charge in [-0.3, -0.25) is 9.35 Å². The molecule has 6 rings (SSSR count). The number of hydrogen-bond acceptors (Lipinski definition) is 8. The van der Waals surface area contributed by atoms with Crippen LogP contribution in [0.2, 0.25) is 0 Å². The van der Waals surface area contributed by atoms with Crippen LogP contribution in [0.1, 0.15) is 59.2 Å². The minimum absolute atomic E-state index is 0.0647. The van der Waals surface area contributed by atoms with E-state index in [9.17, 15) is 23.1 Å². The lowest BCUT2D eigenvalue weighted by Crippen LogP contribution is -2.44. The smallest absolute Gasteiger partial charge is 0.343 e. The lowest BCUT2D eigenvalue weighted by Gasteiger charge is -2.31. The van der Waals surface area contributed by atoms with Gasteiger partial charge in [-0.1, -0.05) is 6.92 Å². The van der Waals surface area contributed by atoms with Crippen LogP contribution in [0.3, 0.4) is 0 Å². The second kappa shape index (κ2) is 8.91. The molecule has 3 aromatic rings. The predicted octanol–water partition coefficient (Wildman–Crippen LogP) is 2.74. The van der Waals surface area contributed by atoms with E-state index in [0.717, 1.165) is 22.1 Å². The van der Waals surface area contributed by atoms with E-state index in [0.29, 0.717) is 41.6 Å². The number of esters is 1. The number of aryl methyl sites for hydroxylation is 1. The van der Waals surface area contributed by atoms with Crippen molar-refractivity contribution >= 4 is 42.9 Å². The summed E-state index contributed by atoms with van der Waals surface area (Å²) in [5, 5.41) is 11.9. The first kappa shape index (κ1) is 26.9. The highest BCUT2D eigenvalue weighted by Crippen LogP contribution is 2.47. The van der Waals surface area contributed by atoms with Gasteiger partial charge in [0.15, 0.2) is 5.60 Å². The molecule has 0 fully saturated rings. The highest BCUT2D eigenvalue weighted by Gasteiger charge is 2.45. The molecule has 1 aromatic carbocycles. The number of nitrogens with zero attached hydrogens (tertiary/aromatic N) is 2. The largest absolute Gasteiger partial charge is 0.458 e. The topological polar surface area (TPSA) is 162 Å². The number of pyridine rings is 2. The molecule has 2 aliphatic heterocycles. The number of halogens is 2. The van der Waals surface area contributed by atoms with E-state index in [1.165, 1.54) is 0 Å². The van der Waals surface area contributed by atoms with Gasteiger partial charge >= 0.3 is 5.97 Å². The highest BCUT2D eigenvalue weighted by molar-refractivity contribution is 9.10. The van der Waals surface area contributed by atoms with Crippen LogP contribution < -0.4 is 11.3 Å². The maximum atomic E-state index is 15.0. The average molecular weight is 610 g/mol. The average Bonchev–Trinajstić information content (AvgIpc) is 3.22. The Labute approximate surface area is 225 Å². The maximum absolute atomic E-state index is 15.0. The molecule has 0 radical (unpaired) electrons. The number of ether oxygens (including phenoxy) is 1. The molecule has 0 bridgehead atoms. The van der Waals surface area contributed by atoms with Crippen molar-refractivity contribution < 1.29 is 32.0 Å². The molecular formula is C25H25BrFN3O7S. The van der Waals surface area contributed by atoms with Crippen LogP contribution in [0.15, 0.2) is 15.3 Å². The predicted molar refractivity (Wildman–Crippen MR) is 140 cm³/mol. The van der Waals surface area contributed by atoms with Crippen molar-refractivity contribution in [3.8, 4) is 11.4 Å². The van der Waals surface area contributed by atoms with Crippen LogP contribution >= 0.6 is 15.9 Å². The molecule has 0 spiro atoms. The van der Waals surface area contributed by atoms with Crippen molar-refractivity contribution in [3.05, 3.63) is 60.1 Å². The third-order valence-corrected chi connectivity index (χ3v) is 8.23. The number of rotatable bonds is 1. The molecule has 0 saturated heterocycles. The zero-order valence-electron chi connectivity index (χ0n) is 20.8. The van der Waals surface area contributed by atoms with Gasteiger partial charge in [-0.25, -0.2) is 14.2 Å². The number of nitrogens with two attached hydrogens (primary N) is 1. The Hall–Kier alpha value is -2.71. The summed E-state index contributed by atoms with van der Waals surface area (Å²) in [5.41, 5.74) is 9.54. The van der Waals surface area contributed by atoms with Gasteiger partial charge in [-0.05, 0) is 64.9 Å². The zero-order valence-corrected chi connectivity index (χ0v) is 23.2. The number of fused-ring (bicyclic) bond motifs is 5. The van der Waals surface area contributed by atoms with Gasteiger partial charge in [-0.2, -0.15) is 8.42 Å². The molecular weight excluding hydrogens is 585 g/mol. The van der Waals surface area contributed by atoms with Gasteiger partial charge in [0.2, 0.25) is 0 Å². The SMILES string of the molecule is CC[C@@]1(O)C(=O)OCc2c1cc1n(c2=O)Cc2c-1nc1c(Br)c(F)c(C)c3c1c2[C@@H](N)CC3.CS(=O)(=O)O.